The number of carbonyl (C=O) groups is 2. The maximum absolute atomic E-state index is 13.1. The minimum Gasteiger partial charge on any atom is -0.312 e. The van der Waals surface area contributed by atoms with Gasteiger partial charge in [-0.3, -0.25) is 19.7 Å². The number of anilines is 1. The second kappa shape index (κ2) is 10.4. The minimum atomic E-state index is -4.30. The van der Waals surface area contributed by atoms with Crippen molar-refractivity contribution in [1.29, 1.82) is 0 Å². The number of nitrogens with zero attached hydrogens (tertiary/aromatic N) is 2. The number of ketones is 1. The number of alkyl halides is 3. The summed E-state index contributed by atoms with van der Waals surface area (Å²) >= 11 is 1.15. The highest BCUT2D eigenvalue weighted by Gasteiger charge is 2.27. The molecule has 0 atom stereocenters. The van der Waals surface area contributed by atoms with Crippen LogP contribution >= 0.6 is 11.3 Å². The Labute approximate surface area is 187 Å². The monoisotopic (exact) mass is 469 g/mol. The number of hydrogen-bond donors (Lipinski definition) is 1. The molecule has 0 spiro atoms. The smallest absolute Gasteiger partial charge is 0.312 e. The Morgan fingerprint density at radius 2 is 1.91 bits per heavy atom. The number of aryl methyl sites for hydroxylation is 1. The quantitative estimate of drug-likeness (QED) is 0.638. The number of rotatable bonds is 7. The lowest BCUT2D eigenvalue weighted by atomic mass is 9.95. The van der Waals surface area contributed by atoms with E-state index in [9.17, 15) is 27.6 Å². The van der Waals surface area contributed by atoms with Crippen LogP contribution in [0.1, 0.15) is 72.8 Å². The van der Waals surface area contributed by atoms with Crippen molar-refractivity contribution in [2.45, 2.75) is 77.4 Å². The molecule has 10 heteroatoms. The molecule has 0 saturated heterocycles. The zero-order valence-corrected chi connectivity index (χ0v) is 18.7. The van der Waals surface area contributed by atoms with Crippen LogP contribution in [0.4, 0.5) is 18.3 Å². The van der Waals surface area contributed by atoms with Crippen molar-refractivity contribution in [3.63, 3.8) is 0 Å². The van der Waals surface area contributed by atoms with Crippen LogP contribution in [0.5, 0.6) is 0 Å². The molecule has 1 N–H and O–H groups in total. The highest BCUT2D eigenvalue weighted by molar-refractivity contribution is 7.14. The lowest BCUT2D eigenvalue weighted by Gasteiger charge is -2.21. The largest absolute Gasteiger partial charge is 0.389 e. The first kappa shape index (κ1) is 24.2. The number of pyridine rings is 1. The lowest BCUT2D eigenvalue weighted by Crippen LogP contribution is -2.33. The van der Waals surface area contributed by atoms with Gasteiger partial charge in [0.1, 0.15) is 11.3 Å². The molecule has 2 heterocycles. The van der Waals surface area contributed by atoms with Crippen LogP contribution in [-0.4, -0.2) is 27.4 Å². The van der Waals surface area contributed by atoms with Gasteiger partial charge in [0.2, 0.25) is 0 Å². The topological polar surface area (TPSA) is 81.1 Å². The molecule has 1 aliphatic rings. The first-order valence-electron chi connectivity index (χ1n) is 10.7. The van der Waals surface area contributed by atoms with Crippen molar-refractivity contribution in [1.82, 2.24) is 9.55 Å². The highest BCUT2D eigenvalue weighted by atomic mass is 32.1. The van der Waals surface area contributed by atoms with E-state index in [4.69, 9.17) is 0 Å². The summed E-state index contributed by atoms with van der Waals surface area (Å²) in [6.45, 7) is 1.36. The van der Waals surface area contributed by atoms with Crippen molar-refractivity contribution in [3.05, 3.63) is 44.3 Å². The van der Waals surface area contributed by atoms with Crippen LogP contribution in [0.15, 0.2) is 16.2 Å². The molecule has 32 heavy (non-hydrogen) atoms. The number of halogens is 3. The number of Topliss-reactive ketones (excluding diaryl/α,β-unsaturated/α-hetero) is 1. The molecule has 3 rings (SSSR count). The predicted octanol–water partition coefficient (Wildman–Crippen LogP) is 4.69. The fourth-order valence-electron chi connectivity index (χ4n) is 3.94. The van der Waals surface area contributed by atoms with Crippen LogP contribution in [0.3, 0.4) is 0 Å². The van der Waals surface area contributed by atoms with E-state index in [1.165, 1.54) is 11.5 Å². The molecule has 0 saturated carbocycles. The third-order valence-corrected chi connectivity index (χ3v) is 6.20. The van der Waals surface area contributed by atoms with E-state index in [1.54, 1.807) is 11.4 Å². The van der Waals surface area contributed by atoms with E-state index >= 15 is 0 Å². The number of nitrogens with one attached hydrogen (secondary N) is 1. The summed E-state index contributed by atoms with van der Waals surface area (Å²) in [5.41, 5.74) is 1.44. The van der Waals surface area contributed by atoms with Gasteiger partial charge < -0.3 is 4.57 Å². The van der Waals surface area contributed by atoms with Gasteiger partial charge in [0, 0.05) is 30.5 Å². The zero-order valence-electron chi connectivity index (χ0n) is 17.9. The molecular weight excluding hydrogens is 443 g/mol. The van der Waals surface area contributed by atoms with Crippen molar-refractivity contribution < 1.29 is 22.8 Å². The van der Waals surface area contributed by atoms with Gasteiger partial charge in [0.05, 0.1) is 5.69 Å². The minimum absolute atomic E-state index is 0.0587. The Morgan fingerprint density at radius 1 is 1.19 bits per heavy atom. The maximum Gasteiger partial charge on any atom is 0.389 e. The van der Waals surface area contributed by atoms with Gasteiger partial charge in [-0.2, -0.15) is 13.2 Å². The van der Waals surface area contributed by atoms with Crippen molar-refractivity contribution in [2.24, 2.45) is 0 Å². The number of amides is 1. The van der Waals surface area contributed by atoms with Gasteiger partial charge in [0.15, 0.2) is 5.13 Å². The highest BCUT2D eigenvalue weighted by Crippen LogP contribution is 2.24. The number of aromatic nitrogens is 2. The molecule has 0 aromatic carbocycles. The fraction of sp³-hybridized carbons (Fsp3) is 0.545. The van der Waals surface area contributed by atoms with Crippen LogP contribution < -0.4 is 10.9 Å². The van der Waals surface area contributed by atoms with Gasteiger partial charge in [-0.05, 0) is 50.7 Å². The molecule has 6 nitrogen and oxygen atoms in total. The number of fused-ring (bicyclic) bond motifs is 1. The van der Waals surface area contributed by atoms with Crippen LogP contribution in [0.25, 0.3) is 0 Å². The Morgan fingerprint density at radius 3 is 2.59 bits per heavy atom. The van der Waals surface area contributed by atoms with E-state index in [-0.39, 0.29) is 35.9 Å². The molecule has 1 amide bonds. The van der Waals surface area contributed by atoms with Gasteiger partial charge in [-0.25, -0.2) is 4.98 Å². The van der Waals surface area contributed by atoms with Crippen molar-refractivity contribution in [3.8, 4) is 0 Å². The lowest BCUT2D eigenvalue weighted by molar-refractivity contribution is -0.136. The van der Waals surface area contributed by atoms with E-state index in [0.29, 0.717) is 18.5 Å². The zero-order chi connectivity index (χ0) is 23.3. The number of carbonyl (C=O) groups excluding carboxylic acids is 2. The normalized spacial score (nSPS) is 14.4. The Kier molecular flexibility index (Phi) is 7.86. The Bertz CT molecular complexity index is 1040. The second-order valence-corrected chi connectivity index (χ2v) is 8.95. The number of hydrogen-bond acceptors (Lipinski definition) is 5. The fourth-order valence-corrected chi connectivity index (χ4v) is 4.64. The van der Waals surface area contributed by atoms with Gasteiger partial charge in [-0.1, -0.05) is 12.8 Å². The van der Waals surface area contributed by atoms with Crippen molar-refractivity contribution >= 4 is 28.2 Å². The molecule has 2 aromatic rings. The van der Waals surface area contributed by atoms with Crippen LogP contribution in [-0.2, 0) is 30.6 Å². The van der Waals surface area contributed by atoms with Crippen LogP contribution in [0.2, 0.25) is 0 Å². The van der Waals surface area contributed by atoms with E-state index in [2.05, 4.69) is 10.3 Å². The second-order valence-electron chi connectivity index (χ2n) is 8.10. The first-order chi connectivity index (χ1) is 15.1. The van der Waals surface area contributed by atoms with E-state index in [0.717, 1.165) is 48.3 Å². The van der Waals surface area contributed by atoms with Gasteiger partial charge in [-0.15, -0.1) is 11.3 Å². The average molecular weight is 470 g/mol. The molecule has 0 bridgehead atoms. The molecule has 0 radical (unpaired) electrons. The summed E-state index contributed by atoms with van der Waals surface area (Å²) in [5, 5.41) is 4.52. The third-order valence-electron chi connectivity index (χ3n) is 5.39. The molecule has 2 aromatic heterocycles. The van der Waals surface area contributed by atoms with Gasteiger partial charge >= 0.3 is 6.18 Å². The molecule has 174 valence electrons. The van der Waals surface area contributed by atoms with Crippen LogP contribution in [0, 0.1) is 0 Å². The van der Waals surface area contributed by atoms with E-state index < -0.39 is 24.1 Å². The summed E-state index contributed by atoms with van der Waals surface area (Å²) in [6.07, 6.45) is -0.270. The first-order valence-corrected chi connectivity index (χ1v) is 11.6. The number of thiazole rings is 1. The summed E-state index contributed by atoms with van der Waals surface area (Å²) in [7, 11) is 0. The molecular formula is C22H26F3N3O3S. The predicted molar refractivity (Wildman–Crippen MR) is 116 cm³/mol. The summed E-state index contributed by atoms with van der Waals surface area (Å²) < 4.78 is 39.4. The standard InChI is InChI=1S/C22H26F3N3O3S/c1-14(29)11-16-13-32-21(26-16)27-19(30)17-12-15-7-4-2-3-5-8-18(15)28(20(17)31)10-6-9-22(23,24)25/h12-13H,2-11H2,1H3,(H,26,27,30). The van der Waals surface area contributed by atoms with Gasteiger partial charge in [0.25, 0.3) is 11.5 Å². The SMILES string of the molecule is CC(=O)Cc1csc(NC(=O)c2cc3c(n(CCCC(F)(F)F)c2=O)CCCCCC3)n1. The molecule has 0 fully saturated rings. The molecule has 0 aliphatic heterocycles. The Balaban J connectivity index is 1.90. The maximum atomic E-state index is 13.1. The summed E-state index contributed by atoms with van der Waals surface area (Å²) in [5.74, 6) is -0.704. The average Bonchev–Trinajstić information content (AvgIpc) is 3.09. The van der Waals surface area contributed by atoms with E-state index in [1.807, 2.05) is 0 Å². The Hall–Kier alpha value is -2.49. The third kappa shape index (κ3) is 6.51. The summed E-state index contributed by atoms with van der Waals surface area (Å²) in [4.78, 5) is 41.5. The van der Waals surface area contributed by atoms with Crippen molar-refractivity contribution in [2.75, 3.05) is 5.32 Å². The molecule has 1 aliphatic carbocycles. The summed E-state index contributed by atoms with van der Waals surface area (Å²) in [6, 6.07) is 1.59. The molecule has 0 unspecified atom stereocenters.